The molecule has 5 rings (SSSR count). The van der Waals surface area contributed by atoms with Crippen LogP contribution in [0.3, 0.4) is 0 Å². The first kappa shape index (κ1) is 21.2. The highest BCUT2D eigenvalue weighted by atomic mass is 35.5. The van der Waals surface area contributed by atoms with E-state index >= 15 is 0 Å². The summed E-state index contributed by atoms with van der Waals surface area (Å²) in [5.41, 5.74) is 1.08. The standard InChI is InChI=1S/C20H21ClN6O4S/c1-2-32(29,30)13-5-3-11(22-9-13)8-23-17-19(28)27(15-7-12-4-6-16(15)31-12)18-14(25-17)10-24-20(21)26-18/h3,5,9-10,12,15-16H,2,4,6-8H2,1H3,(H,23,25)/t12-,15-,16+/m0/s1. The van der Waals surface area contributed by atoms with E-state index in [9.17, 15) is 13.2 Å². The molecular formula is C20H21ClN6O4S. The van der Waals surface area contributed by atoms with Crippen LogP contribution < -0.4 is 10.9 Å². The molecule has 32 heavy (non-hydrogen) atoms. The van der Waals surface area contributed by atoms with Crippen molar-refractivity contribution in [2.45, 2.75) is 55.9 Å². The van der Waals surface area contributed by atoms with Crippen LogP contribution in [0.4, 0.5) is 5.82 Å². The van der Waals surface area contributed by atoms with Crippen molar-refractivity contribution in [3.05, 3.63) is 45.9 Å². The average molecular weight is 477 g/mol. The van der Waals surface area contributed by atoms with Crippen LogP contribution in [0.15, 0.2) is 34.2 Å². The average Bonchev–Trinajstić information content (AvgIpc) is 3.42. The summed E-state index contributed by atoms with van der Waals surface area (Å²) in [4.78, 5) is 30.4. The summed E-state index contributed by atoms with van der Waals surface area (Å²) in [6, 6.07) is 2.98. The van der Waals surface area contributed by atoms with Gasteiger partial charge in [-0.15, -0.1) is 0 Å². The van der Waals surface area contributed by atoms with Crippen molar-refractivity contribution >= 4 is 38.4 Å². The number of aromatic nitrogens is 5. The molecule has 2 saturated heterocycles. The third-order valence-corrected chi connectivity index (χ3v) is 7.88. The molecule has 3 aromatic heterocycles. The number of sulfone groups is 1. The lowest BCUT2D eigenvalue weighted by Gasteiger charge is -2.23. The van der Waals surface area contributed by atoms with E-state index in [1.165, 1.54) is 18.5 Å². The summed E-state index contributed by atoms with van der Waals surface area (Å²) in [7, 11) is -3.32. The molecule has 5 heterocycles. The lowest BCUT2D eigenvalue weighted by atomic mass is 9.95. The Hall–Kier alpha value is -2.63. The Morgan fingerprint density at radius 3 is 2.72 bits per heavy atom. The number of hydrogen-bond donors (Lipinski definition) is 1. The van der Waals surface area contributed by atoms with E-state index in [0.717, 1.165) is 19.3 Å². The van der Waals surface area contributed by atoms with Crippen molar-refractivity contribution in [2.75, 3.05) is 11.1 Å². The van der Waals surface area contributed by atoms with Gasteiger partial charge in [0.1, 0.15) is 5.52 Å². The second-order valence-electron chi connectivity index (χ2n) is 7.90. The normalized spacial score (nSPS) is 22.5. The molecule has 3 aromatic rings. The molecule has 1 N–H and O–H groups in total. The lowest BCUT2D eigenvalue weighted by Crippen LogP contribution is -2.33. The number of nitrogens with one attached hydrogen (secondary N) is 1. The summed E-state index contributed by atoms with van der Waals surface area (Å²) >= 11 is 6.00. The van der Waals surface area contributed by atoms with E-state index in [1.807, 2.05) is 0 Å². The topological polar surface area (TPSA) is 129 Å². The van der Waals surface area contributed by atoms with Gasteiger partial charge in [-0.25, -0.2) is 18.4 Å². The van der Waals surface area contributed by atoms with E-state index in [0.29, 0.717) is 16.9 Å². The zero-order chi connectivity index (χ0) is 22.5. The second-order valence-corrected chi connectivity index (χ2v) is 10.5. The fourth-order valence-corrected chi connectivity index (χ4v) is 5.28. The van der Waals surface area contributed by atoms with Gasteiger partial charge in [0.05, 0.1) is 47.3 Å². The maximum absolute atomic E-state index is 13.4. The SMILES string of the molecule is CCS(=O)(=O)c1ccc(CNc2nc3cnc(Cl)nc3n([C@H]3C[C@@H]4CC[C@H]3O4)c2=O)nc1. The first-order valence-electron chi connectivity index (χ1n) is 10.4. The molecule has 12 heteroatoms. The van der Waals surface area contributed by atoms with Crippen LogP contribution in [0.2, 0.25) is 5.28 Å². The van der Waals surface area contributed by atoms with Crippen LogP contribution in [0.1, 0.15) is 37.9 Å². The highest BCUT2D eigenvalue weighted by molar-refractivity contribution is 7.91. The minimum absolute atomic E-state index is 0.00560. The quantitative estimate of drug-likeness (QED) is 0.531. The molecule has 0 aliphatic carbocycles. The number of ether oxygens (including phenoxy) is 1. The molecule has 0 unspecified atom stereocenters. The van der Waals surface area contributed by atoms with Gasteiger partial charge in [0.25, 0.3) is 5.56 Å². The van der Waals surface area contributed by atoms with Crippen LogP contribution in [0, 0.1) is 0 Å². The summed E-state index contributed by atoms with van der Waals surface area (Å²) in [6.45, 7) is 1.78. The fraction of sp³-hybridized carbons (Fsp3) is 0.450. The summed E-state index contributed by atoms with van der Waals surface area (Å²) in [5.74, 6) is 0.143. The number of rotatable bonds is 6. The molecule has 0 saturated carbocycles. The second kappa shape index (κ2) is 8.05. The predicted molar refractivity (Wildman–Crippen MR) is 117 cm³/mol. The Kier molecular flexibility index (Phi) is 5.34. The van der Waals surface area contributed by atoms with Gasteiger partial charge in [0, 0.05) is 6.20 Å². The van der Waals surface area contributed by atoms with E-state index in [-0.39, 0.29) is 52.1 Å². The number of hydrogen-bond acceptors (Lipinski definition) is 9. The molecule has 0 spiro atoms. The van der Waals surface area contributed by atoms with Gasteiger partial charge >= 0.3 is 0 Å². The molecule has 3 atom stereocenters. The number of fused-ring (bicyclic) bond motifs is 3. The van der Waals surface area contributed by atoms with Gasteiger partial charge in [0.2, 0.25) is 5.28 Å². The third kappa shape index (κ3) is 3.74. The highest BCUT2D eigenvalue weighted by Crippen LogP contribution is 2.41. The van der Waals surface area contributed by atoms with Gasteiger partial charge < -0.3 is 10.1 Å². The molecular weight excluding hydrogens is 456 g/mol. The van der Waals surface area contributed by atoms with Crippen molar-refractivity contribution in [1.82, 2.24) is 24.5 Å². The Labute approximate surface area is 189 Å². The first-order chi connectivity index (χ1) is 15.4. The fourth-order valence-electron chi connectivity index (χ4n) is 4.33. The molecule has 2 aliphatic heterocycles. The van der Waals surface area contributed by atoms with Gasteiger partial charge in [-0.05, 0) is 43.0 Å². The molecule has 0 aromatic carbocycles. The summed E-state index contributed by atoms with van der Waals surface area (Å²) in [5, 5.41) is 3.08. The Bertz CT molecular complexity index is 1340. The van der Waals surface area contributed by atoms with Crippen molar-refractivity contribution in [3.8, 4) is 0 Å². The maximum Gasteiger partial charge on any atom is 0.295 e. The first-order valence-corrected chi connectivity index (χ1v) is 12.4. The van der Waals surface area contributed by atoms with E-state index in [2.05, 4.69) is 25.3 Å². The number of halogens is 1. The van der Waals surface area contributed by atoms with E-state index in [1.54, 1.807) is 17.6 Å². The highest BCUT2D eigenvalue weighted by Gasteiger charge is 2.43. The van der Waals surface area contributed by atoms with Crippen LogP contribution in [0.5, 0.6) is 0 Å². The number of pyridine rings is 1. The molecule has 2 aliphatic rings. The molecule has 168 valence electrons. The van der Waals surface area contributed by atoms with Crippen molar-refractivity contribution in [3.63, 3.8) is 0 Å². The zero-order valence-electron chi connectivity index (χ0n) is 17.2. The largest absolute Gasteiger partial charge is 0.373 e. The maximum atomic E-state index is 13.4. The van der Waals surface area contributed by atoms with E-state index in [4.69, 9.17) is 16.3 Å². The van der Waals surface area contributed by atoms with Crippen LogP contribution in [-0.4, -0.2) is 50.9 Å². The van der Waals surface area contributed by atoms with Crippen LogP contribution >= 0.6 is 11.6 Å². The lowest BCUT2D eigenvalue weighted by molar-refractivity contribution is 0.0939. The summed E-state index contributed by atoms with van der Waals surface area (Å²) < 4.78 is 31.5. The van der Waals surface area contributed by atoms with Crippen molar-refractivity contribution < 1.29 is 13.2 Å². The number of anilines is 1. The molecule has 0 radical (unpaired) electrons. The van der Waals surface area contributed by atoms with Crippen LogP contribution in [0.25, 0.3) is 11.2 Å². The Balaban J connectivity index is 1.48. The molecule has 10 nitrogen and oxygen atoms in total. The van der Waals surface area contributed by atoms with Crippen molar-refractivity contribution in [2.24, 2.45) is 0 Å². The molecule has 2 fully saturated rings. The molecule has 0 amide bonds. The van der Waals surface area contributed by atoms with Gasteiger partial charge in [-0.2, -0.15) is 4.98 Å². The zero-order valence-corrected chi connectivity index (χ0v) is 18.8. The smallest absolute Gasteiger partial charge is 0.295 e. The molecule has 2 bridgehead atoms. The van der Waals surface area contributed by atoms with Gasteiger partial charge in [-0.3, -0.25) is 14.3 Å². The van der Waals surface area contributed by atoms with Gasteiger partial charge in [0.15, 0.2) is 21.3 Å². The number of nitrogens with zero attached hydrogens (tertiary/aromatic N) is 5. The van der Waals surface area contributed by atoms with Gasteiger partial charge in [-0.1, -0.05) is 6.92 Å². The predicted octanol–water partition coefficient (Wildman–Crippen LogP) is 2.13. The minimum Gasteiger partial charge on any atom is -0.373 e. The monoisotopic (exact) mass is 476 g/mol. The Morgan fingerprint density at radius 2 is 2.06 bits per heavy atom. The third-order valence-electron chi connectivity index (χ3n) is 5.98. The van der Waals surface area contributed by atoms with Crippen LogP contribution in [-0.2, 0) is 21.1 Å². The minimum atomic E-state index is -3.32. The van der Waals surface area contributed by atoms with E-state index < -0.39 is 9.84 Å². The summed E-state index contributed by atoms with van der Waals surface area (Å²) in [6.07, 6.45) is 5.54. The van der Waals surface area contributed by atoms with Crippen molar-refractivity contribution in [1.29, 1.82) is 0 Å². The Morgan fingerprint density at radius 1 is 1.22 bits per heavy atom.